The molecule has 1 aliphatic rings. The average molecular weight is 450 g/mol. The van der Waals surface area contributed by atoms with Gasteiger partial charge < -0.3 is 9.64 Å². The molecule has 4 rings (SSSR count). The van der Waals surface area contributed by atoms with Gasteiger partial charge in [0.25, 0.3) is 0 Å². The second-order valence-corrected chi connectivity index (χ2v) is 7.58. The second-order valence-electron chi connectivity index (χ2n) is 7.58. The molecule has 1 aliphatic heterocycles. The van der Waals surface area contributed by atoms with Crippen molar-refractivity contribution in [1.29, 1.82) is 0 Å². The van der Waals surface area contributed by atoms with E-state index in [1.807, 2.05) is 84.9 Å². The first-order chi connectivity index (χ1) is 16.6. The van der Waals surface area contributed by atoms with Crippen LogP contribution in [0.4, 0.5) is 0 Å². The predicted octanol–water partition coefficient (Wildman–Crippen LogP) is 5.84. The lowest BCUT2D eigenvalue weighted by atomic mass is 9.97. The number of rotatable bonds is 7. The lowest BCUT2D eigenvalue weighted by Gasteiger charge is -2.30. The molecule has 0 aromatic heterocycles. The fourth-order valence-corrected chi connectivity index (χ4v) is 3.76. The van der Waals surface area contributed by atoms with E-state index in [0.29, 0.717) is 12.4 Å². The number of carbonyl (C=O) groups is 1. The molecule has 0 radical (unpaired) electrons. The molecule has 0 N–H and O–H groups in total. The van der Waals surface area contributed by atoms with Crippen LogP contribution in [0.3, 0.4) is 0 Å². The lowest BCUT2D eigenvalue weighted by Crippen LogP contribution is -2.23. The van der Waals surface area contributed by atoms with Gasteiger partial charge in [0.05, 0.1) is 11.3 Å². The quantitative estimate of drug-likeness (QED) is 0.336. The molecule has 0 aliphatic carbocycles. The highest BCUT2D eigenvalue weighted by molar-refractivity contribution is 6.20. The maximum absolute atomic E-state index is 12.1. The first-order valence-corrected chi connectivity index (χ1v) is 10.7. The van der Waals surface area contributed by atoms with E-state index in [2.05, 4.69) is 16.7 Å². The van der Waals surface area contributed by atoms with Crippen molar-refractivity contribution in [3.05, 3.63) is 131 Å². The Morgan fingerprint density at radius 3 is 2.24 bits per heavy atom. The van der Waals surface area contributed by atoms with E-state index in [0.717, 1.165) is 33.7 Å². The summed E-state index contributed by atoms with van der Waals surface area (Å²) in [5.41, 5.74) is 4.69. The summed E-state index contributed by atoms with van der Waals surface area (Å²) in [6.07, 6.45) is 3.00. The van der Waals surface area contributed by atoms with Gasteiger partial charge in [-0.3, -0.25) is 4.79 Å². The molecule has 3 aromatic carbocycles. The number of aliphatic imine (C=N–C) groups is 1. The lowest BCUT2D eigenvalue weighted by molar-refractivity contribution is -0.114. The SMILES string of the molecule is C=C/C(C(=O)N=O)=C1/N=CC(c2ccccc2)=C(c2ccc(OCc3ccccc3)cc2)N1C. The fourth-order valence-electron chi connectivity index (χ4n) is 3.76. The van der Waals surface area contributed by atoms with Crippen LogP contribution in [0.5, 0.6) is 5.75 Å². The van der Waals surface area contributed by atoms with Crippen LogP contribution in [-0.4, -0.2) is 24.1 Å². The first-order valence-electron chi connectivity index (χ1n) is 10.7. The van der Waals surface area contributed by atoms with Crippen LogP contribution >= 0.6 is 0 Å². The molecule has 0 saturated carbocycles. The number of nitrogens with zero attached hydrogens (tertiary/aromatic N) is 3. The zero-order valence-corrected chi connectivity index (χ0v) is 18.7. The van der Waals surface area contributed by atoms with E-state index in [1.54, 1.807) is 18.2 Å². The van der Waals surface area contributed by atoms with Crippen molar-refractivity contribution in [3.63, 3.8) is 0 Å². The number of benzene rings is 3. The maximum atomic E-state index is 12.1. The highest BCUT2D eigenvalue weighted by Crippen LogP contribution is 2.35. The zero-order valence-electron chi connectivity index (χ0n) is 18.7. The Bertz CT molecular complexity index is 1290. The van der Waals surface area contributed by atoms with Gasteiger partial charge >= 0.3 is 5.91 Å². The van der Waals surface area contributed by atoms with Crippen LogP contribution in [0.1, 0.15) is 16.7 Å². The normalized spacial score (nSPS) is 14.6. The highest BCUT2D eigenvalue weighted by atomic mass is 16.5. The molecule has 3 aromatic rings. The van der Waals surface area contributed by atoms with Crippen molar-refractivity contribution in [2.24, 2.45) is 10.2 Å². The Morgan fingerprint density at radius 2 is 1.62 bits per heavy atom. The van der Waals surface area contributed by atoms with E-state index in [-0.39, 0.29) is 5.57 Å². The fraction of sp³-hybridized carbons (Fsp3) is 0.0714. The molecule has 0 bridgehead atoms. The Kier molecular flexibility index (Phi) is 6.89. The van der Waals surface area contributed by atoms with Crippen LogP contribution in [0, 0.1) is 4.91 Å². The molecule has 6 nitrogen and oxygen atoms in total. The molecule has 0 atom stereocenters. The monoisotopic (exact) mass is 449 g/mol. The third-order valence-corrected chi connectivity index (χ3v) is 5.44. The number of hydrogen-bond donors (Lipinski definition) is 0. The van der Waals surface area contributed by atoms with Gasteiger partial charge in [0, 0.05) is 24.0 Å². The van der Waals surface area contributed by atoms with Crippen LogP contribution in [0.2, 0.25) is 0 Å². The number of nitroso groups, excluding NO2 is 1. The van der Waals surface area contributed by atoms with Crippen molar-refractivity contribution in [2.45, 2.75) is 6.61 Å². The summed E-state index contributed by atoms with van der Waals surface area (Å²) in [6, 6.07) is 27.5. The third kappa shape index (κ3) is 4.76. The third-order valence-electron chi connectivity index (χ3n) is 5.44. The standard InChI is InChI=1S/C28H23N3O3/c1-3-24(28(32)30-33)27-29-18-25(21-12-8-5-9-13-21)26(31(27)2)22-14-16-23(17-15-22)34-19-20-10-6-4-7-11-20/h3-18H,1,19H2,2H3/b27-24+. The topological polar surface area (TPSA) is 71.3 Å². The van der Waals surface area contributed by atoms with E-state index in [1.165, 1.54) is 6.08 Å². The minimum Gasteiger partial charge on any atom is -0.489 e. The molecule has 0 spiro atoms. The summed E-state index contributed by atoms with van der Waals surface area (Å²) in [5, 5.41) is 2.55. The Labute approximate surface area is 198 Å². The Morgan fingerprint density at radius 1 is 0.971 bits per heavy atom. The smallest absolute Gasteiger partial charge is 0.320 e. The van der Waals surface area contributed by atoms with Crippen molar-refractivity contribution in [3.8, 4) is 5.75 Å². The Hall–Kier alpha value is -4.58. The van der Waals surface area contributed by atoms with Gasteiger partial charge in [-0.25, -0.2) is 4.99 Å². The second kappa shape index (κ2) is 10.4. The van der Waals surface area contributed by atoms with Gasteiger partial charge in [0.2, 0.25) is 0 Å². The summed E-state index contributed by atoms with van der Waals surface area (Å²) in [5.74, 6) is 0.129. The molecule has 6 heteroatoms. The highest BCUT2D eigenvalue weighted by Gasteiger charge is 2.25. The van der Waals surface area contributed by atoms with Gasteiger partial charge in [-0.05, 0) is 41.0 Å². The molecule has 1 heterocycles. The molecule has 168 valence electrons. The minimum atomic E-state index is -0.916. The Balaban J connectivity index is 1.73. The van der Waals surface area contributed by atoms with E-state index >= 15 is 0 Å². The van der Waals surface area contributed by atoms with E-state index in [4.69, 9.17) is 4.74 Å². The molecular weight excluding hydrogens is 426 g/mol. The minimum absolute atomic E-state index is 0.0428. The molecular formula is C28H23N3O3. The van der Waals surface area contributed by atoms with Gasteiger partial charge in [0.1, 0.15) is 18.2 Å². The van der Waals surface area contributed by atoms with E-state index < -0.39 is 5.91 Å². The molecule has 0 fully saturated rings. The van der Waals surface area contributed by atoms with Crippen LogP contribution in [0.15, 0.2) is 119 Å². The summed E-state index contributed by atoms with van der Waals surface area (Å²) in [7, 11) is 1.80. The zero-order chi connectivity index (χ0) is 23.9. The summed E-state index contributed by atoms with van der Waals surface area (Å²) in [6.45, 7) is 4.13. The van der Waals surface area contributed by atoms with Crippen LogP contribution in [0.25, 0.3) is 11.3 Å². The van der Waals surface area contributed by atoms with Gasteiger partial charge in [-0.1, -0.05) is 73.3 Å². The molecule has 0 saturated heterocycles. The average Bonchev–Trinajstić information content (AvgIpc) is 2.90. The van der Waals surface area contributed by atoms with Crippen molar-refractivity contribution in [2.75, 3.05) is 7.05 Å². The number of ether oxygens (including phenoxy) is 1. The van der Waals surface area contributed by atoms with Crippen molar-refractivity contribution in [1.82, 2.24) is 4.90 Å². The van der Waals surface area contributed by atoms with Gasteiger partial charge in [-0.2, -0.15) is 0 Å². The van der Waals surface area contributed by atoms with Crippen molar-refractivity contribution < 1.29 is 9.53 Å². The molecule has 34 heavy (non-hydrogen) atoms. The molecule has 1 amide bonds. The van der Waals surface area contributed by atoms with Crippen molar-refractivity contribution >= 4 is 23.4 Å². The van der Waals surface area contributed by atoms with Gasteiger partial charge in [0.15, 0.2) is 0 Å². The summed E-state index contributed by atoms with van der Waals surface area (Å²) < 4.78 is 5.93. The maximum Gasteiger partial charge on any atom is 0.320 e. The predicted molar refractivity (Wildman–Crippen MR) is 135 cm³/mol. The number of allylic oxidation sites excluding steroid dienone is 1. The number of amides is 1. The molecule has 0 unspecified atom stereocenters. The van der Waals surface area contributed by atoms with Gasteiger partial charge in [-0.15, -0.1) is 4.91 Å². The van der Waals surface area contributed by atoms with Crippen LogP contribution < -0.4 is 4.74 Å². The number of hydrogen-bond acceptors (Lipinski definition) is 5. The van der Waals surface area contributed by atoms with E-state index in [9.17, 15) is 9.70 Å². The van der Waals surface area contributed by atoms with Crippen LogP contribution in [-0.2, 0) is 11.4 Å². The largest absolute Gasteiger partial charge is 0.489 e. The number of carbonyl (C=O) groups excluding carboxylic acids is 1. The first kappa shape index (κ1) is 22.6. The summed E-state index contributed by atoms with van der Waals surface area (Å²) in [4.78, 5) is 29.2. The summed E-state index contributed by atoms with van der Waals surface area (Å²) >= 11 is 0.